The number of rotatable bonds is 2. The summed E-state index contributed by atoms with van der Waals surface area (Å²) in [6.45, 7) is 2.60. The van der Waals surface area contributed by atoms with E-state index in [0.29, 0.717) is 31.2 Å². The van der Waals surface area contributed by atoms with Gasteiger partial charge in [-0.05, 0) is 30.5 Å². The zero-order valence-corrected chi connectivity index (χ0v) is 12.3. The van der Waals surface area contributed by atoms with Crippen molar-refractivity contribution >= 4 is 11.4 Å². The number of fused-ring (bicyclic) bond motifs is 2. The minimum Gasteiger partial charge on any atom is -0.396 e. The Bertz CT molecular complexity index is 713. The molecule has 0 aromatic carbocycles. The first-order valence-electron chi connectivity index (χ1n) is 7.63. The molecule has 0 radical (unpaired) electrons. The van der Waals surface area contributed by atoms with Gasteiger partial charge in [-0.25, -0.2) is 4.52 Å². The maximum Gasteiger partial charge on any atom is 0.254 e. The topological polar surface area (TPSA) is 67.1 Å². The molecule has 6 nitrogen and oxygen atoms in total. The SMILES string of the molecule is O=C(c1ccn2nccc2c1)N1C[C@@H]2CCOC[C@]2(CO)C1. The van der Waals surface area contributed by atoms with E-state index in [-0.39, 0.29) is 17.9 Å². The van der Waals surface area contributed by atoms with E-state index in [1.807, 2.05) is 17.0 Å². The molecule has 1 amide bonds. The van der Waals surface area contributed by atoms with Crippen LogP contribution in [0, 0.1) is 11.3 Å². The molecule has 6 heteroatoms. The van der Waals surface area contributed by atoms with Gasteiger partial charge in [-0.3, -0.25) is 4.79 Å². The summed E-state index contributed by atoms with van der Waals surface area (Å²) in [5.74, 6) is 0.347. The summed E-state index contributed by atoms with van der Waals surface area (Å²) in [5, 5.41) is 13.9. The Morgan fingerprint density at radius 3 is 3.23 bits per heavy atom. The third-order valence-electron chi connectivity index (χ3n) is 5.06. The molecule has 2 atom stereocenters. The zero-order chi connectivity index (χ0) is 15.2. The van der Waals surface area contributed by atoms with Crippen LogP contribution in [0.3, 0.4) is 0 Å². The number of aliphatic hydroxyl groups is 1. The number of carbonyl (C=O) groups is 1. The van der Waals surface area contributed by atoms with Crippen LogP contribution in [0.5, 0.6) is 0 Å². The Kier molecular flexibility index (Phi) is 3.16. The standard InChI is InChI=1S/C16H19N3O3/c20-10-16-9-18(8-13(16)3-6-22-11-16)15(21)12-2-5-19-14(7-12)1-4-17-19/h1-2,4-5,7,13,20H,3,6,8-11H2/t13-,16+/m0/s1. The fourth-order valence-corrected chi connectivity index (χ4v) is 3.71. The number of aliphatic hydroxyl groups excluding tert-OH is 1. The molecule has 4 heterocycles. The summed E-state index contributed by atoms with van der Waals surface area (Å²) in [6.07, 6.45) is 4.43. The first-order valence-corrected chi connectivity index (χ1v) is 7.63. The summed E-state index contributed by atoms with van der Waals surface area (Å²) < 4.78 is 7.29. The van der Waals surface area contributed by atoms with Crippen LogP contribution < -0.4 is 0 Å². The molecule has 22 heavy (non-hydrogen) atoms. The highest BCUT2D eigenvalue weighted by Gasteiger charge is 2.49. The van der Waals surface area contributed by atoms with Gasteiger partial charge in [0.25, 0.3) is 5.91 Å². The van der Waals surface area contributed by atoms with Gasteiger partial charge in [0.2, 0.25) is 0 Å². The lowest BCUT2D eigenvalue weighted by atomic mass is 9.76. The van der Waals surface area contributed by atoms with Crippen LogP contribution in [0.15, 0.2) is 30.6 Å². The molecule has 2 aliphatic heterocycles. The van der Waals surface area contributed by atoms with Crippen molar-refractivity contribution in [2.24, 2.45) is 11.3 Å². The molecular formula is C16H19N3O3. The van der Waals surface area contributed by atoms with Crippen molar-refractivity contribution in [1.29, 1.82) is 0 Å². The lowest BCUT2D eigenvalue weighted by Gasteiger charge is -2.36. The Balaban J connectivity index is 1.60. The van der Waals surface area contributed by atoms with E-state index in [9.17, 15) is 9.90 Å². The van der Waals surface area contributed by atoms with Crippen LogP contribution in [-0.2, 0) is 4.74 Å². The summed E-state index contributed by atoms with van der Waals surface area (Å²) in [4.78, 5) is 14.6. The van der Waals surface area contributed by atoms with Crippen molar-refractivity contribution in [3.63, 3.8) is 0 Å². The highest BCUT2D eigenvalue weighted by Crippen LogP contribution is 2.41. The Morgan fingerprint density at radius 2 is 2.41 bits per heavy atom. The Morgan fingerprint density at radius 1 is 1.50 bits per heavy atom. The van der Waals surface area contributed by atoms with E-state index >= 15 is 0 Å². The lowest BCUT2D eigenvalue weighted by Crippen LogP contribution is -2.43. The molecule has 1 N–H and O–H groups in total. The third kappa shape index (κ3) is 2.02. The van der Waals surface area contributed by atoms with Crippen LogP contribution >= 0.6 is 0 Å². The van der Waals surface area contributed by atoms with Gasteiger partial charge < -0.3 is 14.7 Å². The van der Waals surface area contributed by atoms with E-state index in [1.165, 1.54) is 0 Å². The maximum atomic E-state index is 12.8. The van der Waals surface area contributed by atoms with Gasteiger partial charge in [0.05, 0.1) is 18.7 Å². The number of pyridine rings is 1. The second-order valence-corrected chi connectivity index (χ2v) is 6.36. The highest BCUT2D eigenvalue weighted by atomic mass is 16.5. The fourth-order valence-electron chi connectivity index (χ4n) is 3.71. The van der Waals surface area contributed by atoms with Crippen LogP contribution in [-0.4, -0.2) is 58.4 Å². The second-order valence-electron chi connectivity index (χ2n) is 6.36. The van der Waals surface area contributed by atoms with E-state index < -0.39 is 0 Å². The monoisotopic (exact) mass is 301 g/mol. The van der Waals surface area contributed by atoms with Crippen molar-refractivity contribution < 1.29 is 14.6 Å². The fraction of sp³-hybridized carbons (Fsp3) is 0.500. The minimum atomic E-state index is -0.283. The van der Waals surface area contributed by atoms with Crippen LogP contribution in [0.2, 0.25) is 0 Å². The highest BCUT2D eigenvalue weighted by molar-refractivity contribution is 5.95. The molecule has 2 aromatic rings. The van der Waals surface area contributed by atoms with E-state index in [4.69, 9.17) is 4.74 Å². The van der Waals surface area contributed by atoms with Crippen molar-refractivity contribution in [3.05, 3.63) is 36.2 Å². The average Bonchev–Trinajstić information content (AvgIpc) is 3.17. The normalized spacial score (nSPS) is 28.0. The molecule has 0 saturated carbocycles. The number of likely N-dealkylation sites (tertiary alicyclic amines) is 1. The summed E-state index contributed by atoms with van der Waals surface area (Å²) in [7, 11) is 0. The maximum absolute atomic E-state index is 12.8. The zero-order valence-electron chi connectivity index (χ0n) is 12.3. The molecule has 0 spiro atoms. The van der Waals surface area contributed by atoms with Gasteiger partial charge in [-0.15, -0.1) is 0 Å². The summed E-state index contributed by atoms with van der Waals surface area (Å²) >= 11 is 0. The number of amides is 1. The van der Waals surface area contributed by atoms with Gasteiger partial charge in [-0.1, -0.05) is 0 Å². The summed E-state index contributed by atoms with van der Waals surface area (Å²) in [5.41, 5.74) is 1.29. The molecule has 4 rings (SSSR count). The molecule has 2 saturated heterocycles. The number of ether oxygens (including phenoxy) is 1. The molecular weight excluding hydrogens is 282 g/mol. The van der Waals surface area contributed by atoms with Gasteiger partial charge in [0, 0.05) is 43.1 Å². The minimum absolute atomic E-state index is 0.0194. The first kappa shape index (κ1) is 13.7. The third-order valence-corrected chi connectivity index (χ3v) is 5.06. The lowest BCUT2D eigenvalue weighted by molar-refractivity contribution is -0.0556. The van der Waals surface area contributed by atoms with Crippen LogP contribution in [0.1, 0.15) is 16.8 Å². The predicted molar refractivity (Wildman–Crippen MR) is 79.5 cm³/mol. The van der Waals surface area contributed by atoms with E-state index in [0.717, 1.165) is 18.5 Å². The van der Waals surface area contributed by atoms with Gasteiger partial charge in [0.15, 0.2) is 0 Å². The smallest absolute Gasteiger partial charge is 0.254 e. The van der Waals surface area contributed by atoms with Gasteiger partial charge in [-0.2, -0.15) is 5.10 Å². The van der Waals surface area contributed by atoms with Gasteiger partial charge in [0.1, 0.15) is 0 Å². The van der Waals surface area contributed by atoms with E-state index in [2.05, 4.69) is 5.10 Å². The molecule has 0 unspecified atom stereocenters. The quantitative estimate of drug-likeness (QED) is 0.891. The summed E-state index contributed by atoms with van der Waals surface area (Å²) in [6, 6.07) is 5.54. The van der Waals surface area contributed by atoms with E-state index in [1.54, 1.807) is 23.0 Å². The van der Waals surface area contributed by atoms with Gasteiger partial charge >= 0.3 is 0 Å². The molecule has 0 aliphatic carbocycles. The molecule has 0 bridgehead atoms. The van der Waals surface area contributed by atoms with Crippen molar-refractivity contribution in [1.82, 2.24) is 14.5 Å². The number of carbonyl (C=O) groups excluding carboxylic acids is 1. The number of nitrogens with zero attached hydrogens (tertiary/aromatic N) is 3. The second kappa shape index (κ2) is 5.07. The van der Waals surface area contributed by atoms with Crippen LogP contribution in [0.4, 0.5) is 0 Å². The average molecular weight is 301 g/mol. The first-order chi connectivity index (χ1) is 10.7. The number of aromatic nitrogens is 2. The number of hydrogen-bond acceptors (Lipinski definition) is 4. The van der Waals surface area contributed by atoms with Crippen LogP contribution in [0.25, 0.3) is 5.52 Å². The number of hydrogen-bond donors (Lipinski definition) is 1. The molecule has 116 valence electrons. The molecule has 2 fully saturated rings. The largest absolute Gasteiger partial charge is 0.396 e. The Labute approximate surface area is 128 Å². The Hall–Kier alpha value is -1.92. The van der Waals surface area contributed by atoms with Crippen molar-refractivity contribution in [3.8, 4) is 0 Å². The van der Waals surface area contributed by atoms with Crippen molar-refractivity contribution in [2.75, 3.05) is 32.9 Å². The predicted octanol–water partition coefficient (Wildman–Crippen LogP) is 0.805. The molecule has 2 aliphatic rings. The molecule has 2 aromatic heterocycles. The van der Waals surface area contributed by atoms with Crippen molar-refractivity contribution in [2.45, 2.75) is 6.42 Å².